The Morgan fingerprint density at radius 2 is 2.23 bits per heavy atom. The number of amides is 2. The largest absolute Gasteiger partial charge is 0.467 e. The Balaban J connectivity index is 1.81. The Hall–Kier alpha value is -3.13. The second-order valence-electron chi connectivity index (χ2n) is 5.98. The van der Waals surface area contributed by atoms with Gasteiger partial charge < -0.3 is 25.4 Å². The van der Waals surface area contributed by atoms with Crippen molar-refractivity contribution in [1.82, 2.24) is 4.90 Å². The van der Waals surface area contributed by atoms with Crippen LogP contribution in [0.15, 0.2) is 41.0 Å². The Labute approximate surface area is 149 Å². The van der Waals surface area contributed by atoms with E-state index < -0.39 is 24.1 Å². The third-order valence-corrected chi connectivity index (χ3v) is 4.33. The smallest absolute Gasteiger partial charge is 0.257 e. The Kier molecular flexibility index (Phi) is 5.04. The van der Waals surface area contributed by atoms with Crippen LogP contribution in [0.5, 0.6) is 0 Å². The Morgan fingerprint density at radius 3 is 2.88 bits per heavy atom. The predicted octanol–water partition coefficient (Wildman–Crippen LogP) is 1.17. The van der Waals surface area contributed by atoms with Crippen molar-refractivity contribution in [3.05, 3.63) is 53.5 Å². The van der Waals surface area contributed by atoms with Gasteiger partial charge in [-0.1, -0.05) is 6.07 Å². The second-order valence-corrected chi connectivity index (χ2v) is 5.98. The molecule has 3 rings (SSSR count). The van der Waals surface area contributed by atoms with Crippen molar-refractivity contribution in [3.63, 3.8) is 0 Å². The molecule has 0 saturated heterocycles. The fourth-order valence-electron chi connectivity index (χ4n) is 3.04. The number of hydrogen-bond donors (Lipinski definition) is 3. The number of anilines is 1. The zero-order valence-corrected chi connectivity index (χ0v) is 13.9. The molecule has 1 aromatic carbocycles. The summed E-state index contributed by atoms with van der Waals surface area (Å²) in [6, 6.07) is 7.52. The van der Waals surface area contributed by atoms with E-state index in [1.54, 1.807) is 30.5 Å². The summed E-state index contributed by atoms with van der Waals surface area (Å²) in [4.78, 5) is 36.1. The van der Waals surface area contributed by atoms with E-state index in [-0.39, 0.29) is 12.8 Å². The standard InChI is InChI=1S/C18H19N3O5/c19-16(23)15(4-1-7-22)21-17(24)13-6-5-11(9-14(13)18(21)25)20-10-12-3-2-8-26-12/h2-3,5-9,15,17,20,24H,1,4,10H2,(H2,19,23). The average molecular weight is 357 g/mol. The van der Waals surface area contributed by atoms with Crippen LogP contribution in [0.2, 0.25) is 0 Å². The molecule has 1 aromatic heterocycles. The molecule has 26 heavy (non-hydrogen) atoms. The fourth-order valence-corrected chi connectivity index (χ4v) is 3.04. The molecule has 1 aliphatic rings. The van der Waals surface area contributed by atoms with Crippen LogP contribution in [0.1, 0.15) is 40.8 Å². The number of aldehydes is 1. The summed E-state index contributed by atoms with van der Waals surface area (Å²) < 4.78 is 5.24. The summed E-state index contributed by atoms with van der Waals surface area (Å²) in [6.45, 7) is 0.440. The molecule has 2 amide bonds. The first kappa shape index (κ1) is 17.7. The molecule has 0 saturated carbocycles. The quantitative estimate of drug-likeness (QED) is 0.609. The van der Waals surface area contributed by atoms with E-state index in [0.29, 0.717) is 29.6 Å². The maximum atomic E-state index is 12.7. The van der Waals surface area contributed by atoms with Gasteiger partial charge in [0.1, 0.15) is 18.1 Å². The van der Waals surface area contributed by atoms with Crippen LogP contribution in [0.25, 0.3) is 0 Å². The lowest BCUT2D eigenvalue weighted by Gasteiger charge is -2.28. The zero-order valence-electron chi connectivity index (χ0n) is 13.9. The first-order valence-electron chi connectivity index (χ1n) is 8.16. The average Bonchev–Trinajstić information content (AvgIpc) is 3.22. The molecule has 2 aromatic rings. The van der Waals surface area contributed by atoms with Crippen LogP contribution in [0.4, 0.5) is 5.69 Å². The van der Waals surface area contributed by atoms with Crippen LogP contribution in [-0.2, 0) is 16.1 Å². The third-order valence-electron chi connectivity index (χ3n) is 4.33. The van der Waals surface area contributed by atoms with Crippen LogP contribution >= 0.6 is 0 Å². The van der Waals surface area contributed by atoms with Gasteiger partial charge >= 0.3 is 0 Å². The summed E-state index contributed by atoms with van der Waals surface area (Å²) in [7, 11) is 0. The van der Waals surface area contributed by atoms with Gasteiger partial charge in [0.05, 0.1) is 12.8 Å². The number of aliphatic hydroxyl groups excluding tert-OH is 1. The van der Waals surface area contributed by atoms with Gasteiger partial charge in [0.2, 0.25) is 5.91 Å². The zero-order chi connectivity index (χ0) is 18.7. The molecular weight excluding hydrogens is 338 g/mol. The number of carbonyl (C=O) groups is 3. The van der Waals surface area contributed by atoms with Crippen molar-refractivity contribution in [2.45, 2.75) is 31.7 Å². The van der Waals surface area contributed by atoms with Crippen LogP contribution in [0, 0.1) is 0 Å². The molecule has 8 nitrogen and oxygen atoms in total. The first-order chi connectivity index (χ1) is 12.5. The topological polar surface area (TPSA) is 126 Å². The van der Waals surface area contributed by atoms with Crippen molar-refractivity contribution < 1.29 is 23.9 Å². The highest BCUT2D eigenvalue weighted by molar-refractivity contribution is 6.02. The highest BCUT2D eigenvalue weighted by atomic mass is 16.3. The predicted molar refractivity (Wildman–Crippen MR) is 91.9 cm³/mol. The fraction of sp³-hybridized carbons (Fsp3) is 0.278. The molecule has 0 fully saturated rings. The lowest BCUT2D eigenvalue weighted by molar-refractivity contribution is -0.126. The van der Waals surface area contributed by atoms with E-state index in [4.69, 9.17) is 10.2 Å². The van der Waals surface area contributed by atoms with Gasteiger partial charge in [0.25, 0.3) is 5.91 Å². The van der Waals surface area contributed by atoms with Crippen LogP contribution in [-0.4, -0.2) is 34.1 Å². The molecule has 0 aliphatic carbocycles. The van der Waals surface area contributed by atoms with E-state index in [9.17, 15) is 19.5 Å². The number of aliphatic hydroxyl groups is 1. The van der Waals surface area contributed by atoms with E-state index in [0.717, 1.165) is 10.7 Å². The number of nitrogens with one attached hydrogen (secondary N) is 1. The van der Waals surface area contributed by atoms with Gasteiger partial charge in [-0.05, 0) is 30.7 Å². The van der Waals surface area contributed by atoms with E-state index in [1.807, 2.05) is 6.07 Å². The van der Waals surface area contributed by atoms with Gasteiger partial charge in [-0.2, -0.15) is 0 Å². The van der Waals surface area contributed by atoms with Gasteiger partial charge in [-0.25, -0.2) is 0 Å². The number of benzene rings is 1. The molecule has 136 valence electrons. The van der Waals surface area contributed by atoms with Gasteiger partial charge in [0, 0.05) is 23.2 Å². The molecule has 8 heteroatoms. The molecule has 0 spiro atoms. The minimum atomic E-state index is -1.28. The van der Waals surface area contributed by atoms with Crippen molar-refractivity contribution in [2.24, 2.45) is 5.73 Å². The van der Waals surface area contributed by atoms with E-state index in [1.165, 1.54) is 0 Å². The van der Waals surface area contributed by atoms with Crippen molar-refractivity contribution in [1.29, 1.82) is 0 Å². The van der Waals surface area contributed by atoms with Crippen LogP contribution in [0.3, 0.4) is 0 Å². The lowest BCUT2D eigenvalue weighted by atomic mass is 10.1. The summed E-state index contributed by atoms with van der Waals surface area (Å²) in [6.07, 6.45) is 1.07. The number of rotatable bonds is 8. The van der Waals surface area contributed by atoms with E-state index >= 15 is 0 Å². The summed E-state index contributed by atoms with van der Waals surface area (Å²) >= 11 is 0. The number of nitrogens with zero attached hydrogens (tertiary/aromatic N) is 1. The van der Waals surface area contributed by atoms with Crippen molar-refractivity contribution in [3.8, 4) is 0 Å². The molecule has 0 radical (unpaired) electrons. The summed E-state index contributed by atoms with van der Waals surface area (Å²) in [5.74, 6) is -0.520. The third kappa shape index (κ3) is 3.31. The summed E-state index contributed by atoms with van der Waals surface area (Å²) in [5.41, 5.74) is 6.73. The number of carbonyl (C=O) groups excluding carboxylic acids is 3. The normalized spacial score (nSPS) is 17.0. The maximum absolute atomic E-state index is 12.7. The molecule has 1 aliphatic heterocycles. The molecule has 2 atom stereocenters. The lowest BCUT2D eigenvalue weighted by Crippen LogP contribution is -2.46. The molecule has 4 N–H and O–H groups in total. The number of furan rings is 1. The van der Waals surface area contributed by atoms with Crippen LogP contribution < -0.4 is 11.1 Å². The Bertz CT molecular complexity index is 818. The van der Waals surface area contributed by atoms with Crippen molar-refractivity contribution >= 4 is 23.8 Å². The minimum absolute atomic E-state index is 0.0659. The molecule has 0 bridgehead atoms. The van der Waals surface area contributed by atoms with Gasteiger partial charge in [-0.15, -0.1) is 0 Å². The van der Waals surface area contributed by atoms with Crippen molar-refractivity contribution in [2.75, 3.05) is 5.32 Å². The highest BCUT2D eigenvalue weighted by Gasteiger charge is 2.41. The van der Waals surface area contributed by atoms with E-state index in [2.05, 4.69) is 5.32 Å². The number of primary amides is 1. The number of hydrogen-bond acceptors (Lipinski definition) is 6. The van der Waals surface area contributed by atoms with Gasteiger partial charge in [0.15, 0.2) is 6.23 Å². The maximum Gasteiger partial charge on any atom is 0.257 e. The van der Waals surface area contributed by atoms with Gasteiger partial charge in [-0.3, -0.25) is 14.5 Å². The number of nitrogens with two attached hydrogens (primary N) is 1. The molecule has 2 unspecified atom stereocenters. The minimum Gasteiger partial charge on any atom is -0.467 e. The summed E-state index contributed by atoms with van der Waals surface area (Å²) in [5, 5.41) is 13.6. The highest BCUT2D eigenvalue weighted by Crippen LogP contribution is 2.35. The Morgan fingerprint density at radius 1 is 1.42 bits per heavy atom. The second kappa shape index (κ2) is 7.40. The molecular formula is C18H19N3O5. The first-order valence-corrected chi connectivity index (χ1v) is 8.16. The monoisotopic (exact) mass is 357 g/mol. The SMILES string of the molecule is NC(=O)C(CCC=O)N1C(=O)c2cc(NCc3ccco3)ccc2C1O. The number of fused-ring (bicyclic) bond motifs is 1. The molecule has 2 heterocycles.